The van der Waals surface area contributed by atoms with Crippen LogP contribution in [0.5, 0.6) is 0 Å². The molecule has 1 atom stereocenters. The van der Waals surface area contributed by atoms with Gasteiger partial charge in [-0.1, -0.05) is 13.8 Å². The van der Waals surface area contributed by atoms with Crippen molar-refractivity contribution in [2.24, 2.45) is 5.92 Å². The number of rotatable bonds is 4. The predicted molar refractivity (Wildman–Crippen MR) is 72.9 cm³/mol. The predicted octanol–water partition coefficient (Wildman–Crippen LogP) is 3.24. The quantitative estimate of drug-likeness (QED) is 0.678. The van der Waals surface area contributed by atoms with E-state index < -0.39 is 34.9 Å². The average Bonchev–Trinajstić information content (AvgIpc) is 2.45. The molecule has 1 aromatic carbocycles. The zero-order valence-corrected chi connectivity index (χ0v) is 12.2. The summed E-state index contributed by atoms with van der Waals surface area (Å²) < 4.78 is 55.1. The number of benzene rings is 1. The first-order valence-electron chi connectivity index (χ1n) is 7.19. The summed E-state index contributed by atoms with van der Waals surface area (Å²) in [5.41, 5.74) is -0.483. The van der Waals surface area contributed by atoms with Gasteiger partial charge in [0.2, 0.25) is 0 Å². The number of hydrogen-bond acceptors (Lipinski definition) is 2. The molecule has 0 amide bonds. The maximum atomic E-state index is 14.1. The van der Waals surface area contributed by atoms with Gasteiger partial charge in [-0.2, -0.15) is 0 Å². The molecule has 2 rings (SSSR count). The van der Waals surface area contributed by atoms with Crippen molar-refractivity contribution in [2.75, 3.05) is 26.2 Å². The number of nitrogens with one attached hydrogen (secondary N) is 1. The summed E-state index contributed by atoms with van der Waals surface area (Å²) in [6.45, 7) is 6.40. The van der Waals surface area contributed by atoms with Crippen LogP contribution >= 0.6 is 0 Å². The van der Waals surface area contributed by atoms with Crippen LogP contribution in [-0.2, 0) is 0 Å². The van der Waals surface area contributed by atoms with E-state index in [1.54, 1.807) is 0 Å². The minimum absolute atomic E-state index is 0.148. The Balaban J connectivity index is 2.45. The Hall–Kier alpha value is -1.14. The summed E-state index contributed by atoms with van der Waals surface area (Å²) in [5, 5.41) is 3.15. The van der Waals surface area contributed by atoms with Crippen molar-refractivity contribution in [3.63, 3.8) is 0 Å². The lowest BCUT2D eigenvalue weighted by Crippen LogP contribution is -2.46. The third-order valence-corrected chi connectivity index (χ3v) is 3.77. The molecule has 0 saturated carbocycles. The van der Waals surface area contributed by atoms with Crippen molar-refractivity contribution < 1.29 is 17.6 Å². The highest BCUT2D eigenvalue weighted by atomic mass is 19.2. The fraction of sp³-hybridized carbons (Fsp3) is 0.600. The van der Waals surface area contributed by atoms with E-state index in [4.69, 9.17) is 0 Å². The molecule has 1 aromatic rings. The lowest BCUT2D eigenvalue weighted by molar-refractivity contribution is 0.146. The molecular formula is C15H20F4N2. The van der Waals surface area contributed by atoms with Gasteiger partial charge in [-0.25, -0.2) is 17.6 Å². The van der Waals surface area contributed by atoms with E-state index in [0.29, 0.717) is 32.6 Å². The molecule has 0 bridgehead atoms. The van der Waals surface area contributed by atoms with Crippen LogP contribution in [0.1, 0.15) is 31.9 Å². The van der Waals surface area contributed by atoms with Crippen molar-refractivity contribution in [3.8, 4) is 0 Å². The van der Waals surface area contributed by atoms with Crippen molar-refractivity contribution in [1.29, 1.82) is 0 Å². The van der Waals surface area contributed by atoms with E-state index >= 15 is 0 Å². The molecule has 118 valence electrons. The number of nitrogens with zero attached hydrogens (tertiary/aromatic N) is 1. The molecule has 1 heterocycles. The monoisotopic (exact) mass is 304 g/mol. The SMILES string of the molecule is CC(C)C[C@@H](c1c(F)c(F)cc(F)c1F)N1CCNCC1. The highest BCUT2D eigenvalue weighted by Gasteiger charge is 2.31. The topological polar surface area (TPSA) is 15.3 Å². The van der Waals surface area contributed by atoms with Crippen molar-refractivity contribution in [3.05, 3.63) is 34.9 Å². The van der Waals surface area contributed by atoms with Gasteiger partial charge in [-0.15, -0.1) is 0 Å². The van der Waals surface area contributed by atoms with Crippen LogP contribution in [0.15, 0.2) is 6.07 Å². The van der Waals surface area contributed by atoms with Crippen LogP contribution in [0.4, 0.5) is 17.6 Å². The van der Waals surface area contributed by atoms with Crippen LogP contribution in [0.2, 0.25) is 0 Å². The Morgan fingerprint density at radius 3 is 2.05 bits per heavy atom. The second-order valence-electron chi connectivity index (χ2n) is 5.81. The molecule has 1 aliphatic rings. The second kappa shape index (κ2) is 6.75. The van der Waals surface area contributed by atoms with Crippen LogP contribution in [-0.4, -0.2) is 31.1 Å². The van der Waals surface area contributed by atoms with Crippen molar-refractivity contribution >= 4 is 0 Å². The number of piperazine rings is 1. The minimum Gasteiger partial charge on any atom is -0.314 e. The molecule has 21 heavy (non-hydrogen) atoms. The Labute approximate surface area is 122 Å². The third-order valence-electron chi connectivity index (χ3n) is 3.77. The molecule has 0 aliphatic carbocycles. The van der Waals surface area contributed by atoms with Gasteiger partial charge in [0, 0.05) is 43.9 Å². The van der Waals surface area contributed by atoms with Gasteiger partial charge in [0.15, 0.2) is 23.3 Å². The molecule has 0 unspecified atom stereocenters. The zero-order valence-electron chi connectivity index (χ0n) is 12.2. The average molecular weight is 304 g/mol. The molecule has 0 aromatic heterocycles. The van der Waals surface area contributed by atoms with Gasteiger partial charge >= 0.3 is 0 Å². The molecule has 1 fully saturated rings. The van der Waals surface area contributed by atoms with Gasteiger partial charge < -0.3 is 5.32 Å². The molecule has 1 aliphatic heterocycles. The van der Waals surface area contributed by atoms with Gasteiger partial charge in [-0.3, -0.25) is 4.90 Å². The van der Waals surface area contributed by atoms with Crippen LogP contribution < -0.4 is 5.32 Å². The second-order valence-corrected chi connectivity index (χ2v) is 5.81. The van der Waals surface area contributed by atoms with Crippen LogP contribution in [0.25, 0.3) is 0 Å². The van der Waals surface area contributed by atoms with Crippen LogP contribution in [0, 0.1) is 29.2 Å². The first-order valence-corrected chi connectivity index (χ1v) is 7.19. The normalized spacial score (nSPS) is 18.2. The Bertz CT molecular complexity index is 473. The van der Waals surface area contributed by atoms with E-state index in [1.807, 2.05) is 18.7 Å². The summed E-state index contributed by atoms with van der Waals surface area (Å²) in [6, 6.07) is -0.393. The van der Waals surface area contributed by atoms with Gasteiger partial charge in [0.1, 0.15) is 0 Å². The van der Waals surface area contributed by atoms with E-state index in [0.717, 1.165) is 0 Å². The zero-order chi connectivity index (χ0) is 15.6. The number of halogens is 4. The van der Waals surface area contributed by atoms with E-state index in [-0.39, 0.29) is 12.0 Å². The summed E-state index contributed by atoms with van der Waals surface area (Å²) in [7, 11) is 0. The van der Waals surface area contributed by atoms with Crippen molar-refractivity contribution in [1.82, 2.24) is 10.2 Å². The minimum atomic E-state index is -1.34. The first-order chi connectivity index (χ1) is 9.91. The maximum Gasteiger partial charge on any atom is 0.166 e. The van der Waals surface area contributed by atoms with E-state index in [1.165, 1.54) is 0 Å². The lowest BCUT2D eigenvalue weighted by Gasteiger charge is -2.36. The van der Waals surface area contributed by atoms with Crippen molar-refractivity contribution in [2.45, 2.75) is 26.3 Å². The van der Waals surface area contributed by atoms with Gasteiger partial charge in [0.05, 0.1) is 0 Å². The third kappa shape index (κ3) is 3.55. The Morgan fingerprint density at radius 2 is 1.57 bits per heavy atom. The summed E-state index contributed by atoms with van der Waals surface area (Å²) >= 11 is 0. The molecule has 1 saturated heterocycles. The van der Waals surface area contributed by atoms with Crippen LogP contribution in [0.3, 0.4) is 0 Å². The molecule has 0 spiro atoms. The molecule has 2 nitrogen and oxygen atoms in total. The largest absolute Gasteiger partial charge is 0.314 e. The highest BCUT2D eigenvalue weighted by Crippen LogP contribution is 2.33. The molecule has 1 N–H and O–H groups in total. The smallest absolute Gasteiger partial charge is 0.166 e. The molecule has 0 radical (unpaired) electrons. The standard InChI is InChI=1S/C15H20F4N2/c1-9(2)7-12(21-5-3-20-4-6-21)13-14(18)10(16)8-11(17)15(13)19/h8-9,12,20H,3-7H2,1-2H3/t12-/m0/s1. The maximum absolute atomic E-state index is 14.1. The summed E-state index contributed by atoms with van der Waals surface area (Å²) in [4.78, 5) is 1.89. The molecule has 6 heteroatoms. The first kappa shape index (κ1) is 16.2. The summed E-state index contributed by atoms with van der Waals surface area (Å²) in [6.07, 6.45) is 0.441. The van der Waals surface area contributed by atoms with E-state index in [9.17, 15) is 17.6 Å². The highest BCUT2D eigenvalue weighted by molar-refractivity contribution is 5.26. The fourth-order valence-electron chi connectivity index (χ4n) is 2.77. The number of hydrogen-bond donors (Lipinski definition) is 1. The molecular weight excluding hydrogens is 284 g/mol. The Morgan fingerprint density at radius 1 is 1.05 bits per heavy atom. The lowest BCUT2D eigenvalue weighted by atomic mass is 9.94. The fourth-order valence-corrected chi connectivity index (χ4v) is 2.77. The Kier molecular flexibility index (Phi) is 5.22. The van der Waals surface area contributed by atoms with Gasteiger partial charge in [-0.05, 0) is 12.3 Å². The summed E-state index contributed by atoms with van der Waals surface area (Å²) in [5.74, 6) is -5.09. The van der Waals surface area contributed by atoms with Gasteiger partial charge in [0.25, 0.3) is 0 Å². The van der Waals surface area contributed by atoms with E-state index in [2.05, 4.69) is 5.32 Å².